The van der Waals surface area contributed by atoms with Gasteiger partial charge in [0.1, 0.15) is 5.82 Å². The maximum atomic E-state index is 13.3. The first-order valence-electron chi connectivity index (χ1n) is 13.3. The molecule has 10 heteroatoms. The molecule has 0 radical (unpaired) electrons. The lowest BCUT2D eigenvalue weighted by atomic mass is 9.92. The molecular formula is C30H29N5O3S2. The molecule has 0 saturated carbocycles. The minimum absolute atomic E-state index is 0.118. The van der Waals surface area contributed by atoms with Crippen LogP contribution in [0.1, 0.15) is 46.9 Å². The van der Waals surface area contributed by atoms with Crippen LogP contribution >= 0.6 is 11.3 Å². The summed E-state index contributed by atoms with van der Waals surface area (Å²) in [5.41, 5.74) is 5.39. The van der Waals surface area contributed by atoms with Gasteiger partial charge in [-0.05, 0) is 99.2 Å². The van der Waals surface area contributed by atoms with E-state index in [2.05, 4.69) is 22.5 Å². The minimum Gasteiger partial charge on any atom is -0.306 e. The number of hydrogen-bond donors (Lipinski definition) is 1. The van der Waals surface area contributed by atoms with Gasteiger partial charge in [-0.25, -0.2) is 13.4 Å². The SMILES string of the molecule is CCN(c1ccccc1)S(=O)(=O)c1ccc(C(=O)Nc2cc(C)nn2-c2nc3cc4c(cc3s2)CCCC4)cc1. The van der Waals surface area contributed by atoms with Crippen molar-refractivity contribution in [2.45, 2.75) is 44.4 Å². The zero-order valence-corrected chi connectivity index (χ0v) is 23.9. The predicted molar refractivity (Wildman–Crippen MR) is 159 cm³/mol. The number of anilines is 2. The summed E-state index contributed by atoms with van der Waals surface area (Å²) in [5, 5.41) is 8.20. The molecule has 204 valence electrons. The fraction of sp³-hybridized carbons (Fsp3) is 0.233. The summed E-state index contributed by atoms with van der Waals surface area (Å²) in [6, 6.07) is 21.2. The van der Waals surface area contributed by atoms with Crippen molar-refractivity contribution in [2.24, 2.45) is 0 Å². The number of aromatic nitrogens is 3. The molecule has 5 aromatic rings. The maximum Gasteiger partial charge on any atom is 0.264 e. The number of thiazole rings is 1. The number of carbonyl (C=O) groups is 1. The van der Waals surface area contributed by atoms with Gasteiger partial charge in [-0.2, -0.15) is 9.78 Å². The Morgan fingerprint density at radius 2 is 1.70 bits per heavy atom. The molecule has 1 aliphatic carbocycles. The third-order valence-corrected chi connectivity index (χ3v) is 10.0. The lowest BCUT2D eigenvalue weighted by molar-refractivity contribution is 0.102. The molecular weight excluding hydrogens is 542 g/mol. The van der Waals surface area contributed by atoms with Crippen molar-refractivity contribution in [1.29, 1.82) is 0 Å². The van der Waals surface area contributed by atoms with Crippen LogP contribution in [0.3, 0.4) is 0 Å². The number of benzene rings is 3. The molecule has 0 bridgehead atoms. The molecule has 0 saturated heterocycles. The van der Waals surface area contributed by atoms with E-state index in [1.807, 2.05) is 13.0 Å². The molecule has 6 rings (SSSR count). The van der Waals surface area contributed by atoms with Crippen molar-refractivity contribution in [3.05, 3.63) is 95.2 Å². The highest BCUT2D eigenvalue weighted by Gasteiger charge is 2.24. The molecule has 0 aliphatic heterocycles. The van der Waals surface area contributed by atoms with Crippen LogP contribution in [0.15, 0.2) is 77.7 Å². The van der Waals surface area contributed by atoms with Gasteiger partial charge in [0.15, 0.2) is 0 Å². The van der Waals surface area contributed by atoms with Crippen molar-refractivity contribution >= 4 is 49.0 Å². The fourth-order valence-corrected chi connectivity index (χ4v) is 7.60. The van der Waals surface area contributed by atoms with E-state index < -0.39 is 10.0 Å². The van der Waals surface area contributed by atoms with Crippen LogP contribution < -0.4 is 9.62 Å². The van der Waals surface area contributed by atoms with E-state index in [9.17, 15) is 13.2 Å². The molecule has 1 amide bonds. The van der Waals surface area contributed by atoms with Gasteiger partial charge in [-0.15, -0.1) is 0 Å². The Morgan fingerprint density at radius 3 is 2.40 bits per heavy atom. The highest BCUT2D eigenvalue weighted by atomic mass is 32.2. The highest BCUT2D eigenvalue weighted by Crippen LogP contribution is 2.32. The standard InChI is InChI=1S/C30H29N5O3S2/c1-3-34(24-11-5-4-6-12-24)40(37,38)25-15-13-21(14-16-25)29(36)32-28-17-20(2)33-35(28)30-31-26-18-22-9-7-8-10-23(22)19-27(26)39-30/h4-6,11-19H,3,7-10H2,1-2H3,(H,32,36). The van der Waals surface area contributed by atoms with Crippen LogP contribution in [0.4, 0.5) is 11.5 Å². The molecule has 1 aliphatic rings. The molecule has 1 N–H and O–H groups in total. The van der Waals surface area contributed by atoms with Crippen LogP contribution in [0.25, 0.3) is 15.3 Å². The summed E-state index contributed by atoms with van der Waals surface area (Å²) in [6.07, 6.45) is 4.61. The number of sulfonamides is 1. The van der Waals surface area contributed by atoms with Gasteiger partial charge >= 0.3 is 0 Å². The second kappa shape index (κ2) is 10.5. The molecule has 2 aromatic heterocycles. The Hall–Kier alpha value is -4.02. The van der Waals surface area contributed by atoms with E-state index >= 15 is 0 Å². The highest BCUT2D eigenvalue weighted by molar-refractivity contribution is 7.92. The molecule has 0 unspecified atom stereocenters. The van der Waals surface area contributed by atoms with Crippen molar-refractivity contribution in [2.75, 3.05) is 16.2 Å². The fourth-order valence-electron chi connectivity index (χ4n) is 5.15. The average Bonchev–Trinajstić information content (AvgIpc) is 3.54. The molecule has 8 nitrogen and oxygen atoms in total. The van der Waals surface area contributed by atoms with Crippen LogP contribution in [-0.4, -0.2) is 35.6 Å². The number of amides is 1. The first-order valence-corrected chi connectivity index (χ1v) is 15.6. The Labute approximate surface area is 237 Å². The van der Waals surface area contributed by atoms with Crippen LogP contribution in [-0.2, 0) is 22.9 Å². The lowest BCUT2D eigenvalue weighted by Crippen LogP contribution is -2.30. The van der Waals surface area contributed by atoms with Crippen molar-refractivity contribution in [3.8, 4) is 5.13 Å². The quantitative estimate of drug-likeness (QED) is 0.253. The van der Waals surface area contributed by atoms with E-state index in [-0.39, 0.29) is 17.3 Å². The van der Waals surface area contributed by atoms with Crippen LogP contribution in [0.2, 0.25) is 0 Å². The third-order valence-electron chi connectivity index (χ3n) is 7.13. The minimum atomic E-state index is -3.78. The van der Waals surface area contributed by atoms with E-state index in [0.717, 1.165) is 28.8 Å². The Balaban J connectivity index is 1.24. The Bertz CT molecular complexity index is 1770. The first kappa shape index (κ1) is 26.2. The normalized spacial score (nSPS) is 13.2. The van der Waals surface area contributed by atoms with E-state index in [1.165, 1.54) is 52.5 Å². The Morgan fingerprint density at radius 1 is 1.00 bits per heavy atom. The van der Waals surface area contributed by atoms with Gasteiger partial charge in [0.2, 0.25) is 5.13 Å². The van der Waals surface area contributed by atoms with E-state index in [0.29, 0.717) is 22.2 Å². The number of carbonyl (C=O) groups excluding carboxylic acids is 1. The summed E-state index contributed by atoms with van der Waals surface area (Å²) >= 11 is 1.55. The van der Waals surface area contributed by atoms with Gasteiger partial charge in [0.25, 0.3) is 15.9 Å². The van der Waals surface area contributed by atoms with Crippen LogP contribution in [0.5, 0.6) is 0 Å². The predicted octanol–water partition coefficient (Wildman–Crippen LogP) is 6.14. The number of hydrogen-bond acceptors (Lipinski definition) is 6. The summed E-state index contributed by atoms with van der Waals surface area (Å²) in [6.45, 7) is 3.94. The van der Waals surface area contributed by atoms with Gasteiger partial charge in [0.05, 0.1) is 26.5 Å². The summed E-state index contributed by atoms with van der Waals surface area (Å²) < 4.78 is 30.7. The number of fused-ring (bicyclic) bond motifs is 2. The molecule has 0 fully saturated rings. The van der Waals surface area contributed by atoms with Crippen molar-refractivity contribution in [3.63, 3.8) is 0 Å². The summed E-state index contributed by atoms with van der Waals surface area (Å²) in [5.74, 6) is 0.140. The zero-order valence-electron chi connectivity index (χ0n) is 22.3. The van der Waals surface area contributed by atoms with E-state index in [1.54, 1.807) is 53.3 Å². The third kappa shape index (κ3) is 4.89. The van der Waals surface area contributed by atoms with Crippen molar-refractivity contribution in [1.82, 2.24) is 14.8 Å². The van der Waals surface area contributed by atoms with Crippen LogP contribution in [0, 0.1) is 6.92 Å². The van der Waals surface area contributed by atoms with Gasteiger partial charge < -0.3 is 5.32 Å². The summed E-state index contributed by atoms with van der Waals surface area (Å²) in [4.78, 5) is 18.1. The number of nitrogens with zero attached hydrogens (tertiary/aromatic N) is 4. The molecule has 0 atom stereocenters. The average molecular weight is 572 g/mol. The lowest BCUT2D eigenvalue weighted by Gasteiger charge is -2.23. The smallest absolute Gasteiger partial charge is 0.264 e. The second-order valence-corrected chi connectivity index (χ2v) is 12.7. The van der Waals surface area contributed by atoms with Gasteiger partial charge in [0, 0.05) is 18.2 Å². The number of para-hydroxylation sites is 1. The summed E-state index contributed by atoms with van der Waals surface area (Å²) in [7, 11) is -3.78. The largest absolute Gasteiger partial charge is 0.306 e. The topological polar surface area (TPSA) is 97.2 Å². The van der Waals surface area contributed by atoms with E-state index in [4.69, 9.17) is 4.98 Å². The molecule has 2 heterocycles. The maximum absolute atomic E-state index is 13.3. The molecule has 3 aromatic carbocycles. The van der Waals surface area contributed by atoms with Gasteiger partial charge in [-0.3, -0.25) is 9.10 Å². The van der Waals surface area contributed by atoms with Crippen molar-refractivity contribution < 1.29 is 13.2 Å². The second-order valence-electron chi connectivity index (χ2n) is 9.86. The monoisotopic (exact) mass is 571 g/mol. The number of nitrogens with one attached hydrogen (secondary N) is 1. The number of aryl methyl sites for hydroxylation is 3. The number of rotatable bonds is 7. The van der Waals surface area contributed by atoms with Gasteiger partial charge in [-0.1, -0.05) is 29.5 Å². The Kier molecular flexibility index (Phi) is 6.89. The zero-order chi connectivity index (χ0) is 27.9. The molecule has 0 spiro atoms. The first-order chi connectivity index (χ1) is 19.3. The molecule has 40 heavy (non-hydrogen) atoms.